The number of nitrogens with one attached hydrogen (secondary N) is 1. The number of non-ortho nitro benzene ring substituents is 1. The first-order chi connectivity index (χ1) is 15.6. The maximum absolute atomic E-state index is 12.0. The summed E-state index contributed by atoms with van der Waals surface area (Å²) in [5, 5.41) is 23.3. The molecule has 3 rings (SSSR count). The second-order valence-corrected chi connectivity index (χ2v) is 8.35. The van der Waals surface area contributed by atoms with Gasteiger partial charge in [0.25, 0.3) is 5.69 Å². The first-order valence-corrected chi connectivity index (χ1v) is 11.7. The first-order valence-electron chi connectivity index (χ1n) is 10.7. The van der Waals surface area contributed by atoms with Crippen molar-refractivity contribution in [1.29, 1.82) is 0 Å². The van der Waals surface area contributed by atoms with E-state index in [2.05, 4.69) is 22.4 Å². The number of thioether (sulfide) groups is 1. The number of unbranched alkanes of at least 4 members (excludes halogenated alkanes) is 2. The zero-order valence-electron chi connectivity index (χ0n) is 18.1. The number of nitrogens with zero attached hydrogens (tertiary/aromatic N) is 4. The summed E-state index contributed by atoms with van der Waals surface area (Å²) < 4.78 is 1.94. The molecule has 0 spiro atoms. The van der Waals surface area contributed by atoms with Gasteiger partial charge >= 0.3 is 0 Å². The third-order valence-electron chi connectivity index (χ3n) is 4.87. The van der Waals surface area contributed by atoms with Crippen LogP contribution in [0.5, 0.6) is 0 Å². The number of carbonyl (C=O) groups is 1. The van der Waals surface area contributed by atoms with Crippen LogP contribution in [0.25, 0.3) is 17.1 Å². The van der Waals surface area contributed by atoms with E-state index in [1.807, 2.05) is 34.9 Å². The normalized spacial score (nSPS) is 10.8. The molecule has 9 heteroatoms. The molecule has 32 heavy (non-hydrogen) atoms. The van der Waals surface area contributed by atoms with Gasteiger partial charge in [0.15, 0.2) is 11.0 Å². The molecule has 0 aliphatic heterocycles. The van der Waals surface area contributed by atoms with E-state index in [9.17, 15) is 14.9 Å². The van der Waals surface area contributed by atoms with Gasteiger partial charge in [0.2, 0.25) is 5.91 Å². The SMILES string of the molecule is CCCCCNC(=O)CCCSc1nnc(-c2ccc([N+](=O)[O-])cc2)n1-c1ccccc1. The van der Waals surface area contributed by atoms with E-state index in [0.717, 1.165) is 49.2 Å². The molecule has 0 saturated carbocycles. The predicted molar refractivity (Wildman–Crippen MR) is 126 cm³/mol. The Hall–Kier alpha value is -3.20. The highest BCUT2D eigenvalue weighted by Gasteiger charge is 2.17. The smallest absolute Gasteiger partial charge is 0.269 e. The average Bonchev–Trinajstić information content (AvgIpc) is 3.24. The highest BCUT2D eigenvalue weighted by atomic mass is 32.2. The van der Waals surface area contributed by atoms with E-state index in [1.165, 1.54) is 12.1 Å². The van der Waals surface area contributed by atoms with Gasteiger partial charge in [-0.05, 0) is 37.1 Å². The highest BCUT2D eigenvalue weighted by Crippen LogP contribution is 2.29. The number of hydrogen-bond acceptors (Lipinski definition) is 6. The number of aromatic nitrogens is 3. The van der Waals surface area contributed by atoms with Crippen LogP contribution < -0.4 is 5.32 Å². The van der Waals surface area contributed by atoms with Crippen molar-refractivity contribution in [2.24, 2.45) is 0 Å². The molecule has 1 N–H and O–H groups in total. The van der Waals surface area contributed by atoms with Crippen molar-refractivity contribution < 1.29 is 9.72 Å². The molecule has 1 aromatic heterocycles. The Kier molecular flexibility index (Phi) is 8.79. The van der Waals surface area contributed by atoms with Crippen LogP contribution in [0.4, 0.5) is 5.69 Å². The van der Waals surface area contributed by atoms with E-state index in [4.69, 9.17) is 0 Å². The minimum atomic E-state index is -0.424. The zero-order chi connectivity index (χ0) is 22.8. The molecule has 0 bridgehead atoms. The van der Waals surface area contributed by atoms with Gasteiger partial charge in [0.1, 0.15) is 0 Å². The standard InChI is InChI=1S/C23H27N5O3S/c1-2-3-7-16-24-21(29)11-8-17-32-23-26-25-22(27(23)19-9-5-4-6-10-19)18-12-14-20(15-13-18)28(30)31/h4-6,9-10,12-15H,2-3,7-8,11,16-17H2,1H3,(H,24,29). The lowest BCUT2D eigenvalue weighted by Crippen LogP contribution is -2.24. The summed E-state index contributed by atoms with van der Waals surface area (Å²) in [6.07, 6.45) is 4.49. The minimum absolute atomic E-state index is 0.0297. The Morgan fingerprint density at radius 3 is 2.50 bits per heavy atom. The fourth-order valence-corrected chi connectivity index (χ4v) is 4.07. The summed E-state index contributed by atoms with van der Waals surface area (Å²) in [7, 11) is 0. The van der Waals surface area contributed by atoms with Crippen molar-refractivity contribution >= 4 is 23.4 Å². The van der Waals surface area contributed by atoms with Crippen molar-refractivity contribution in [2.75, 3.05) is 12.3 Å². The van der Waals surface area contributed by atoms with Crippen LogP contribution in [0.15, 0.2) is 59.8 Å². The van der Waals surface area contributed by atoms with Crippen molar-refractivity contribution in [1.82, 2.24) is 20.1 Å². The number of nitro benzene ring substituents is 1. The number of rotatable bonds is 12. The third kappa shape index (κ3) is 6.40. The Morgan fingerprint density at radius 2 is 1.81 bits per heavy atom. The zero-order valence-corrected chi connectivity index (χ0v) is 18.9. The molecule has 1 heterocycles. The first kappa shape index (κ1) is 23.5. The monoisotopic (exact) mass is 453 g/mol. The summed E-state index contributed by atoms with van der Waals surface area (Å²) >= 11 is 1.54. The van der Waals surface area contributed by atoms with Crippen molar-refractivity contribution in [3.8, 4) is 17.1 Å². The van der Waals surface area contributed by atoms with Gasteiger partial charge < -0.3 is 5.32 Å². The Labute approximate surface area is 191 Å². The Bertz CT molecular complexity index is 1020. The quantitative estimate of drug-likeness (QED) is 0.179. The Balaban J connectivity index is 1.69. The molecule has 0 atom stereocenters. The van der Waals surface area contributed by atoms with Gasteiger partial charge in [0, 0.05) is 42.1 Å². The lowest BCUT2D eigenvalue weighted by molar-refractivity contribution is -0.384. The fourth-order valence-electron chi connectivity index (χ4n) is 3.18. The maximum Gasteiger partial charge on any atom is 0.269 e. The van der Waals surface area contributed by atoms with E-state index >= 15 is 0 Å². The van der Waals surface area contributed by atoms with Gasteiger partial charge in [-0.2, -0.15) is 0 Å². The number of nitro groups is 1. The molecule has 0 unspecified atom stereocenters. The lowest BCUT2D eigenvalue weighted by Gasteiger charge is -2.10. The van der Waals surface area contributed by atoms with Crippen molar-refractivity contribution in [3.63, 3.8) is 0 Å². The summed E-state index contributed by atoms with van der Waals surface area (Å²) in [6, 6.07) is 16.0. The predicted octanol–water partition coefficient (Wildman–Crippen LogP) is 5.02. The number of carbonyl (C=O) groups excluding carboxylic acids is 1. The van der Waals surface area contributed by atoms with Crippen LogP contribution in [0, 0.1) is 10.1 Å². The van der Waals surface area contributed by atoms with E-state index in [0.29, 0.717) is 17.4 Å². The number of hydrogen-bond donors (Lipinski definition) is 1. The Morgan fingerprint density at radius 1 is 1.06 bits per heavy atom. The third-order valence-corrected chi connectivity index (χ3v) is 5.88. The largest absolute Gasteiger partial charge is 0.356 e. The van der Waals surface area contributed by atoms with E-state index < -0.39 is 4.92 Å². The molecule has 3 aromatic rings. The van der Waals surface area contributed by atoms with Crippen molar-refractivity contribution in [2.45, 2.75) is 44.2 Å². The molecule has 8 nitrogen and oxygen atoms in total. The summed E-state index contributed by atoms with van der Waals surface area (Å²) in [5.41, 5.74) is 1.68. The van der Waals surface area contributed by atoms with Gasteiger partial charge in [-0.1, -0.05) is 49.7 Å². The summed E-state index contributed by atoms with van der Waals surface area (Å²) in [5.74, 6) is 1.42. The van der Waals surface area contributed by atoms with Gasteiger partial charge in [-0.25, -0.2) is 0 Å². The molecule has 0 radical (unpaired) electrons. The van der Waals surface area contributed by atoms with Crippen LogP contribution in [0.1, 0.15) is 39.0 Å². The number of amides is 1. The minimum Gasteiger partial charge on any atom is -0.356 e. The highest BCUT2D eigenvalue weighted by molar-refractivity contribution is 7.99. The van der Waals surface area contributed by atoms with Crippen LogP contribution in [-0.2, 0) is 4.79 Å². The van der Waals surface area contributed by atoms with E-state index in [-0.39, 0.29) is 11.6 Å². The second kappa shape index (κ2) is 12.0. The molecule has 1 amide bonds. The summed E-state index contributed by atoms with van der Waals surface area (Å²) in [4.78, 5) is 22.5. The molecule has 0 aliphatic rings. The van der Waals surface area contributed by atoms with Gasteiger partial charge in [0.05, 0.1) is 4.92 Å². The van der Waals surface area contributed by atoms with Crippen molar-refractivity contribution in [3.05, 3.63) is 64.7 Å². The molecular weight excluding hydrogens is 426 g/mol. The molecular formula is C23H27N5O3S. The maximum atomic E-state index is 12.0. The van der Waals surface area contributed by atoms with Crippen LogP contribution in [0.3, 0.4) is 0 Å². The van der Waals surface area contributed by atoms with Crippen LogP contribution in [0.2, 0.25) is 0 Å². The second-order valence-electron chi connectivity index (χ2n) is 7.29. The molecule has 0 aliphatic carbocycles. The fraction of sp³-hybridized carbons (Fsp3) is 0.348. The van der Waals surface area contributed by atoms with E-state index in [1.54, 1.807) is 23.9 Å². The van der Waals surface area contributed by atoms with Gasteiger partial charge in [-0.15, -0.1) is 10.2 Å². The molecule has 0 saturated heterocycles. The average molecular weight is 454 g/mol. The lowest BCUT2D eigenvalue weighted by atomic mass is 10.2. The van der Waals surface area contributed by atoms with Gasteiger partial charge in [-0.3, -0.25) is 19.5 Å². The molecule has 2 aromatic carbocycles. The summed E-state index contributed by atoms with van der Waals surface area (Å²) in [6.45, 7) is 2.88. The van der Waals surface area contributed by atoms with Crippen LogP contribution in [-0.4, -0.2) is 37.9 Å². The van der Waals surface area contributed by atoms with Crippen LogP contribution >= 0.6 is 11.8 Å². The number of benzene rings is 2. The molecule has 0 fully saturated rings. The topological polar surface area (TPSA) is 103 Å². The number of para-hydroxylation sites is 1. The molecule has 168 valence electrons.